The monoisotopic (exact) mass is 241 g/mol. The summed E-state index contributed by atoms with van der Waals surface area (Å²) >= 11 is 0. The minimum Gasteiger partial charge on any atom is -0.314 e. The van der Waals surface area contributed by atoms with E-state index in [-0.39, 0.29) is 0 Å². The normalized spacial score (nSPS) is 19.9. The van der Waals surface area contributed by atoms with Gasteiger partial charge in [-0.25, -0.2) is 0 Å². The highest BCUT2D eigenvalue weighted by Gasteiger charge is 2.23. The highest BCUT2D eigenvalue weighted by Crippen LogP contribution is 2.19. The first kappa shape index (κ1) is 14.9. The second kappa shape index (κ2) is 7.34. The lowest BCUT2D eigenvalue weighted by molar-refractivity contribution is 0.188. The molecule has 3 heteroatoms. The summed E-state index contributed by atoms with van der Waals surface area (Å²) < 4.78 is 0. The Bertz CT molecular complexity index is 202. The zero-order chi connectivity index (χ0) is 12.8. The van der Waals surface area contributed by atoms with Gasteiger partial charge in [0.05, 0.1) is 0 Å². The largest absolute Gasteiger partial charge is 0.314 e. The highest BCUT2D eigenvalue weighted by atomic mass is 15.1. The molecule has 0 aromatic heterocycles. The summed E-state index contributed by atoms with van der Waals surface area (Å²) in [5, 5.41) is 3.63. The van der Waals surface area contributed by atoms with Gasteiger partial charge in [0, 0.05) is 12.1 Å². The quantitative estimate of drug-likeness (QED) is 0.662. The zero-order valence-electron chi connectivity index (χ0n) is 12.4. The molecule has 1 aliphatic rings. The van der Waals surface area contributed by atoms with Crippen molar-refractivity contribution < 1.29 is 0 Å². The Labute approximate surface area is 108 Å². The minimum atomic E-state index is 0.670. The lowest BCUT2D eigenvalue weighted by Gasteiger charge is -2.30. The fraction of sp³-hybridized carbons (Fsp3) is 1.00. The Morgan fingerprint density at radius 3 is 2.29 bits per heavy atom. The van der Waals surface area contributed by atoms with Gasteiger partial charge in [0.2, 0.25) is 0 Å². The smallest absolute Gasteiger partial charge is 0.0102 e. The molecule has 1 N–H and O–H groups in total. The van der Waals surface area contributed by atoms with Crippen LogP contribution in [0.5, 0.6) is 0 Å². The molecule has 3 nitrogen and oxygen atoms in total. The number of hydrogen-bond acceptors (Lipinski definition) is 3. The van der Waals surface area contributed by atoms with Crippen LogP contribution in [0.4, 0.5) is 0 Å². The molecule has 0 amide bonds. The van der Waals surface area contributed by atoms with Crippen molar-refractivity contribution in [2.45, 2.75) is 45.2 Å². The molecule has 1 aliphatic carbocycles. The molecule has 1 saturated carbocycles. The molecule has 1 fully saturated rings. The van der Waals surface area contributed by atoms with Crippen LogP contribution >= 0.6 is 0 Å². The molecule has 17 heavy (non-hydrogen) atoms. The Morgan fingerprint density at radius 2 is 1.76 bits per heavy atom. The van der Waals surface area contributed by atoms with Crippen LogP contribution in [-0.2, 0) is 0 Å². The van der Waals surface area contributed by atoms with Crippen LogP contribution in [0, 0.1) is 5.92 Å². The maximum atomic E-state index is 3.63. The van der Waals surface area contributed by atoms with E-state index in [1.807, 2.05) is 0 Å². The van der Waals surface area contributed by atoms with Crippen molar-refractivity contribution in [2.24, 2.45) is 5.92 Å². The van der Waals surface area contributed by atoms with Crippen LogP contribution in [0.25, 0.3) is 0 Å². The molecule has 2 atom stereocenters. The summed E-state index contributed by atoms with van der Waals surface area (Å²) in [5.74, 6) is 0.736. The van der Waals surface area contributed by atoms with Gasteiger partial charge >= 0.3 is 0 Å². The molecule has 0 aromatic rings. The first-order chi connectivity index (χ1) is 8.00. The number of hydrogen-bond donors (Lipinski definition) is 1. The van der Waals surface area contributed by atoms with Gasteiger partial charge in [-0.2, -0.15) is 0 Å². The predicted molar refractivity (Wildman–Crippen MR) is 75.5 cm³/mol. The van der Waals surface area contributed by atoms with Gasteiger partial charge in [-0.1, -0.05) is 6.92 Å². The van der Waals surface area contributed by atoms with Crippen LogP contribution in [0.15, 0.2) is 0 Å². The first-order valence-electron chi connectivity index (χ1n) is 7.09. The summed E-state index contributed by atoms with van der Waals surface area (Å²) in [7, 11) is 6.55. The summed E-state index contributed by atoms with van der Waals surface area (Å²) in [4.78, 5) is 4.76. The fourth-order valence-electron chi connectivity index (χ4n) is 2.08. The van der Waals surface area contributed by atoms with E-state index in [1.54, 1.807) is 0 Å². The summed E-state index contributed by atoms with van der Waals surface area (Å²) in [5.41, 5.74) is 0. The lowest BCUT2D eigenvalue weighted by atomic mass is 10.0. The summed E-state index contributed by atoms with van der Waals surface area (Å²) in [6.07, 6.45) is 4.04. The van der Waals surface area contributed by atoms with Gasteiger partial charge in [0.1, 0.15) is 0 Å². The minimum absolute atomic E-state index is 0.670. The van der Waals surface area contributed by atoms with Crippen molar-refractivity contribution in [3.05, 3.63) is 0 Å². The molecule has 1 rings (SSSR count). The fourth-order valence-corrected chi connectivity index (χ4v) is 2.08. The van der Waals surface area contributed by atoms with Gasteiger partial charge in [0.15, 0.2) is 0 Å². The van der Waals surface area contributed by atoms with Gasteiger partial charge in [-0.3, -0.25) is 0 Å². The predicted octanol–water partition coefficient (Wildman–Crippen LogP) is 1.65. The molecular weight excluding hydrogens is 210 g/mol. The van der Waals surface area contributed by atoms with Crippen molar-refractivity contribution in [1.29, 1.82) is 0 Å². The molecule has 0 bridgehead atoms. The summed E-state index contributed by atoms with van der Waals surface area (Å²) in [6, 6.07) is 1.51. The molecule has 0 aliphatic heterocycles. The van der Waals surface area contributed by atoms with Crippen LogP contribution in [0.1, 0.15) is 33.1 Å². The van der Waals surface area contributed by atoms with E-state index in [0.717, 1.165) is 12.0 Å². The standard InChI is InChI=1S/C14H31N3/c1-12(11-15-14-7-8-14)13(2)17(5)10-6-9-16(3)4/h12-15H,6-11H2,1-5H3. The van der Waals surface area contributed by atoms with Gasteiger partial charge < -0.3 is 15.1 Å². The average Bonchev–Trinajstić information content (AvgIpc) is 3.07. The second-order valence-electron chi connectivity index (χ2n) is 6.04. The maximum Gasteiger partial charge on any atom is 0.0102 e. The third kappa shape index (κ3) is 6.39. The molecule has 102 valence electrons. The van der Waals surface area contributed by atoms with E-state index in [2.05, 4.69) is 50.1 Å². The highest BCUT2D eigenvalue weighted by molar-refractivity contribution is 4.83. The first-order valence-corrected chi connectivity index (χ1v) is 7.09. The molecule has 0 spiro atoms. The SMILES string of the molecule is CC(CNC1CC1)C(C)N(C)CCCN(C)C. The van der Waals surface area contributed by atoms with Crippen molar-refractivity contribution in [3.63, 3.8) is 0 Å². The van der Waals surface area contributed by atoms with Gasteiger partial charge in [-0.15, -0.1) is 0 Å². The van der Waals surface area contributed by atoms with E-state index >= 15 is 0 Å². The van der Waals surface area contributed by atoms with Crippen LogP contribution in [0.3, 0.4) is 0 Å². The van der Waals surface area contributed by atoms with Gasteiger partial charge in [0.25, 0.3) is 0 Å². The molecule has 0 radical (unpaired) electrons. The number of nitrogens with one attached hydrogen (secondary N) is 1. The maximum absolute atomic E-state index is 3.63. The molecular formula is C14H31N3. The number of nitrogens with zero attached hydrogens (tertiary/aromatic N) is 2. The van der Waals surface area contributed by atoms with Crippen molar-refractivity contribution in [3.8, 4) is 0 Å². The topological polar surface area (TPSA) is 18.5 Å². The van der Waals surface area contributed by atoms with E-state index < -0.39 is 0 Å². The van der Waals surface area contributed by atoms with Crippen molar-refractivity contribution in [1.82, 2.24) is 15.1 Å². The Balaban J connectivity index is 2.11. The van der Waals surface area contributed by atoms with Crippen molar-refractivity contribution >= 4 is 0 Å². The average molecular weight is 241 g/mol. The number of rotatable bonds is 9. The third-order valence-corrected chi connectivity index (χ3v) is 3.94. The summed E-state index contributed by atoms with van der Waals surface area (Å²) in [6.45, 7) is 8.28. The van der Waals surface area contributed by atoms with Crippen LogP contribution < -0.4 is 5.32 Å². The van der Waals surface area contributed by atoms with Crippen molar-refractivity contribution in [2.75, 3.05) is 40.8 Å². The van der Waals surface area contributed by atoms with Gasteiger partial charge in [-0.05, 0) is 72.9 Å². The third-order valence-electron chi connectivity index (χ3n) is 3.94. The Kier molecular flexibility index (Phi) is 6.45. The Morgan fingerprint density at radius 1 is 1.12 bits per heavy atom. The molecule has 0 saturated heterocycles. The second-order valence-corrected chi connectivity index (χ2v) is 6.04. The molecule has 0 heterocycles. The molecule has 0 aromatic carbocycles. The van der Waals surface area contributed by atoms with Crippen LogP contribution in [-0.4, -0.2) is 62.7 Å². The Hall–Kier alpha value is -0.120. The molecule has 2 unspecified atom stereocenters. The van der Waals surface area contributed by atoms with Crippen LogP contribution in [0.2, 0.25) is 0 Å². The van der Waals surface area contributed by atoms with E-state index in [1.165, 1.54) is 38.9 Å². The van der Waals surface area contributed by atoms with E-state index in [0.29, 0.717) is 6.04 Å². The zero-order valence-corrected chi connectivity index (χ0v) is 12.4. The lowest BCUT2D eigenvalue weighted by Crippen LogP contribution is -2.40. The van der Waals surface area contributed by atoms with E-state index in [4.69, 9.17) is 0 Å². The van der Waals surface area contributed by atoms with E-state index in [9.17, 15) is 0 Å².